The van der Waals surface area contributed by atoms with E-state index in [-0.39, 0.29) is 5.56 Å². The molecule has 0 aliphatic carbocycles. The molecule has 0 amide bonds. The molecule has 0 aliphatic heterocycles. The molecule has 1 rings (SSSR count). The summed E-state index contributed by atoms with van der Waals surface area (Å²) >= 11 is 0. The van der Waals surface area contributed by atoms with E-state index in [0.717, 1.165) is 13.3 Å². The minimum atomic E-state index is -2.96. The van der Waals surface area contributed by atoms with Crippen LogP contribution in [-0.2, 0) is 4.74 Å². The molecule has 1 heterocycles. The number of nitrogens with zero attached hydrogens (tertiary/aromatic N) is 2. The molecule has 1 aromatic rings. The molecule has 0 radical (unpaired) electrons. The van der Waals surface area contributed by atoms with E-state index in [1.54, 1.807) is 0 Å². The molecule has 0 saturated heterocycles. The van der Waals surface area contributed by atoms with Crippen LogP contribution < -0.4 is 5.73 Å². The van der Waals surface area contributed by atoms with Gasteiger partial charge in [0.05, 0.1) is 23.9 Å². The smallest absolute Gasteiger partial charge is 0.358 e. The number of hydrogen-bond donors (Lipinski definition) is 1. The number of alkyl halides is 2. The molecule has 2 N–H and O–H groups in total. The number of methoxy groups -OCH3 is 1. The van der Waals surface area contributed by atoms with Crippen molar-refractivity contribution in [3.63, 3.8) is 0 Å². The average Bonchev–Trinajstić information content (AvgIpc) is 2.26. The van der Waals surface area contributed by atoms with Crippen molar-refractivity contribution >= 4 is 11.7 Å². The Balaban J connectivity index is 3.45. The molecule has 0 saturated carbocycles. The number of nitriles is 1. The molecular formula is C9H7F2N3O2. The van der Waals surface area contributed by atoms with Gasteiger partial charge in [0.15, 0.2) is 5.69 Å². The van der Waals surface area contributed by atoms with Crippen molar-refractivity contribution in [2.45, 2.75) is 6.43 Å². The highest BCUT2D eigenvalue weighted by molar-refractivity contribution is 5.94. The number of aromatic nitrogens is 1. The van der Waals surface area contributed by atoms with Gasteiger partial charge in [-0.05, 0) is 0 Å². The Hall–Kier alpha value is -2.23. The molecule has 0 aliphatic rings. The van der Waals surface area contributed by atoms with Crippen LogP contribution >= 0.6 is 0 Å². The van der Waals surface area contributed by atoms with Gasteiger partial charge < -0.3 is 10.5 Å². The molecular weight excluding hydrogens is 220 g/mol. The summed E-state index contributed by atoms with van der Waals surface area (Å²) in [7, 11) is 1.07. The fourth-order valence-corrected chi connectivity index (χ4v) is 1.12. The summed E-state index contributed by atoms with van der Waals surface area (Å²) in [5.41, 5.74) is 3.34. The number of esters is 1. The van der Waals surface area contributed by atoms with Crippen molar-refractivity contribution in [1.29, 1.82) is 5.26 Å². The maximum absolute atomic E-state index is 12.6. The molecule has 0 fully saturated rings. The van der Waals surface area contributed by atoms with Crippen molar-refractivity contribution in [2.75, 3.05) is 12.8 Å². The molecule has 0 spiro atoms. The standard InChI is InChI=1S/C9H7F2N3O2/c1-16-9(15)7-6(13)5(8(10)11)4(2-12)3-14-7/h3,8H,13H2,1H3. The second-order valence-electron chi connectivity index (χ2n) is 2.75. The molecule has 5 nitrogen and oxygen atoms in total. The Labute approximate surface area is 89.4 Å². The molecule has 7 heteroatoms. The first-order valence-corrected chi connectivity index (χ1v) is 4.07. The number of hydrogen-bond acceptors (Lipinski definition) is 5. The van der Waals surface area contributed by atoms with Crippen LogP contribution in [0.5, 0.6) is 0 Å². The van der Waals surface area contributed by atoms with E-state index in [4.69, 9.17) is 11.0 Å². The number of carbonyl (C=O) groups is 1. The number of halogens is 2. The van der Waals surface area contributed by atoms with Crippen LogP contribution in [-0.4, -0.2) is 18.1 Å². The van der Waals surface area contributed by atoms with Gasteiger partial charge in [0, 0.05) is 6.20 Å². The zero-order chi connectivity index (χ0) is 12.3. The molecule has 84 valence electrons. The van der Waals surface area contributed by atoms with Crippen LogP contribution in [0.15, 0.2) is 6.20 Å². The van der Waals surface area contributed by atoms with Gasteiger partial charge in [-0.25, -0.2) is 18.6 Å². The molecule has 0 unspecified atom stereocenters. The van der Waals surface area contributed by atoms with E-state index in [1.807, 2.05) is 0 Å². The average molecular weight is 227 g/mol. The summed E-state index contributed by atoms with van der Waals surface area (Å²) in [5, 5.41) is 8.58. The first-order valence-electron chi connectivity index (χ1n) is 4.07. The van der Waals surface area contributed by atoms with E-state index in [0.29, 0.717) is 0 Å². The predicted molar refractivity (Wildman–Crippen MR) is 49.7 cm³/mol. The van der Waals surface area contributed by atoms with Crippen LogP contribution in [0.25, 0.3) is 0 Å². The van der Waals surface area contributed by atoms with Crippen molar-refractivity contribution < 1.29 is 18.3 Å². The highest BCUT2D eigenvalue weighted by Gasteiger charge is 2.23. The van der Waals surface area contributed by atoms with Gasteiger partial charge in [-0.2, -0.15) is 5.26 Å². The summed E-state index contributed by atoms with van der Waals surface area (Å²) in [6, 6.07) is 1.53. The normalized spacial score (nSPS) is 9.94. The van der Waals surface area contributed by atoms with Crippen molar-refractivity contribution in [3.05, 3.63) is 23.0 Å². The van der Waals surface area contributed by atoms with Crippen molar-refractivity contribution in [1.82, 2.24) is 4.98 Å². The largest absolute Gasteiger partial charge is 0.464 e. The summed E-state index contributed by atoms with van der Waals surface area (Å²) in [6.07, 6.45) is -2.09. The minimum absolute atomic E-state index is 0.361. The quantitative estimate of drug-likeness (QED) is 0.768. The van der Waals surface area contributed by atoms with Crippen LogP contribution in [0.2, 0.25) is 0 Å². The maximum atomic E-state index is 12.6. The van der Waals surface area contributed by atoms with Crippen LogP contribution in [0, 0.1) is 11.3 Å². The molecule has 0 atom stereocenters. The Morgan fingerprint density at radius 3 is 2.75 bits per heavy atom. The van der Waals surface area contributed by atoms with Gasteiger partial charge in [0.2, 0.25) is 0 Å². The second kappa shape index (κ2) is 4.53. The summed E-state index contributed by atoms with van der Waals surface area (Å²) < 4.78 is 29.5. The lowest BCUT2D eigenvalue weighted by molar-refractivity contribution is 0.0595. The third-order valence-electron chi connectivity index (χ3n) is 1.88. The summed E-state index contributed by atoms with van der Waals surface area (Å²) in [6.45, 7) is 0. The Bertz CT molecular complexity index is 469. The Kier molecular flexibility index (Phi) is 3.35. The zero-order valence-corrected chi connectivity index (χ0v) is 8.20. The lowest BCUT2D eigenvalue weighted by Gasteiger charge is -2.09. The topological polar surface area (TPSA) is 89.0 Å². The number of carbonyl (C=O) groups excluding carboxylic acids is 1. The Morgan fingerprint density at radius 1 is 1.69 bits per heavy atom. The van der Waals surface area contributed by atoms with E-state index < -0.39 is 29.3 Å². The maximum Gasteiger partial charge on any atom is 0.358 e. The van der Waals surface area contributed by atoms with Crippen LogP contribution in [0.3, 0.4) is 0 Å². The lowest BCUT2D eigenvalue weighted by Crippen LogP contribution is -2.12. The number of rotatable bonds is 2. The lowest BCUT2D eigenvalue weighted by atomic mass is 10.1. The number of nitrogen functional groups attached to an aromatic ring is 1. The van der Waals surface area contributed by atoms with Crippen LogP contribution in [0.4, 0.5) is 14.5 Å². The second-order valence-corrected chi connectivity index (χ2v) is 2.75. The zero-order valence-electron chi connectivity index (χ0n) is 8.20. The number of pyridine rings is 1. The molecule has 0 aromatic carbocycles. The monoisotopic (exact) mass is 227 g/mol. The third-order valence-corrected chi connectivity index (χ3v) is 1.88. The molecule has 16 heavy (non-hydrogen) atoms. The third kappa shape index (κ3) is 1.91. The minimum Gasteiger partial charge on any atom is -0.464 e. The van der Waals surface area contributed by atoms with E-state index in [1.165, 1.54) is 6.07 Å². The van der Waals surface area contributed by atoms with Gasteiger partial charge in [-0.3, -0.25) is 0 Å². The fraction of sp³-hybridized carbons (Fsp3) is 0.222. The van der Waals surface area contributed by atoms with Gasteiger partial charge in [-0.1, -0.05) is 0 Å². The van der Waals surface area contributed by atoms with Crippen LogP contribution in [0.1, 0.15) is 28.0 Å². The molecule has 1 aromatic heterocycles. The molecule has 0 bridgehead atoms. The first kappa shape index (κ1) is 11.8. The van der Waals surface area contributed by atoms with Gasteiger partial charge >= 0.3 is 5.97 Å². The number of anilines is 1. The summed E-state index contributed by atoms with van der Waals surface area (Å²) in [4.78, 5) is 14.6. The van der Waals surface area contributed by atoms with Gasteiger partial charge in [-0.15, -0.1) is 0 Å². The van der Waals surface area contributed by atoms with E-state index >= 15 is 0 Å². The predicted octanol–water partition coefficient (Wildman–Crippen LogP) is 1.26. The fourth-order valence-electron chi connectivity index (χ4n) is 1.12. The number of nitrogens with two attached hydrogens (primary N) is 1. The van der Waals surface area contributed by atoms with Gasteiger partial charge in [0.1, 0.15) is 6.07 Å². The van der Waals surface area contributed by atoms with E-state index in [2.05, 4.69) is 9.72 Å². The van der Waals surface area contributed by atoms with Crippen molar-refractivity contribution in [2.24, 2.45) is 0 Å². The SMILES string of the molecule is COC(=O)c1ncc(C#N)c(C(F)F)c1N. The Morgan fingerprint density at radius 2 is 2.31 bits per heavy atom. The highest BCUT2D eigenvalue weighted by Crippen LogP contribution is 2.29. The summed E-state index contributed by atoms with van der Waals surface area (Å²) in [5.74, 6) is -0.927. The van der Waals surface area contributed by atoms with Crippen molar-refractivity contribution in [3.8, 4) is 6.07 Å². The van der Waals surface area contributed by atoms with Gasteiger partial charge in [0.25, 0.3) is 6.43 Å². The highest BCUT2D eigenvalue weighted by atomic mass is 19.3. The first-order chi connectivity index (χ1) is 7.52. The number of ether oxygens (including phenoxy) is 1. The van der Waals surface area contributed by atoms with E-state index in [9.17, 15) is 13.6 Å².